The van der Waals surface area contributed by atoms with E-state index in [-0.39, 0.29) is 48.7 Å². The zero-order chi connectivity index (χ0) is 23.6. The fraction of sp³-hybridized carbons (Fsp3) is 0.818. The van der Waals surface area contributed by atoms with Crippen molar-refractivity contribution in [2.45, 2.75) is 78.8 Å². The molecule has 0 aliphatic rings. The Hall–Kier alpha value is -2.00. The smallest absolute Gasteiger partial charge is 0.242 e. The number of amides is 3. The van der Waals surface area contributed by atoms with E-state index in [1.54, 1.807) is 0 Å². The van der Waals surface area contributed by atoms with Crippen LogP contribution < -0.4 is 26.6 Å². The van der Waals surface area contributed by atoms with Crippen LogP contribution in [0.15, 0.2) is 0 Å². The molecule has 0 aromatic rings. The number of likely N-dealkylation sites (N-methyl/N-ethyl adjacent to an activating group) is 1. The molecule has 0 rings (SSSR count). The summed E-state index contributed by atoms with van der Waals surface area (Å²) in [4.78, 5) is 48.6. The summed E-state index contributed by atoms with van der Waals surface area (Å²) < 4.78 is 0. The van der Waals surface area contributed by atoms with Gasteiger partial charge in [0.2, 0.25) is 17.7 Å². The molecular weight excluding hydrogens is 398 g/mol. The van der Waals surface area contributed by atoms with Gasteiger partial charge in [-0.25, -0.2) is 0 Å². The number of carbonyl (C=O) groups is 4. The summed E-state index contributed by atoms with van der Waals surface area (Å²) in [6.45, 7) is 12.8. The number of hydrogen-bond donors (Lipinski definition) is 5. The Labute approximate surface area is 187 Å². The van der Waals surface area contributed by atoms with Crippen molar-refractivity contribution in [2.24, 2.45) is 5.92 Å². The molecule has 0 spiro atoms. The fourth-order valence-corrected chi connectivity index (χ4v) is 2.75. The van der Waals surface area contributed by atoms with Crippen molar-refractivity contribution in [1.29, 1.82) is 0 Å². The monoisotopic (exact) mass is 441 g/mol. The van der Waals surface area contributed by atoms with E-state index in [9.17, 15) is 19.2 Å². The third-order valence-electron chi connectivity index (χ3n) is 4.63. The maximum atomic E-state index is 12.5. The Morgan fingerprint density at radius 3 is 2.06 bits per heavy atom. The van der Waals surface area contributed by atoms with Crippen LogP contribution in [0.5, 0.6) is 0 Å². The van der Waals surface area contributed by atoms with Gasteiger partial charge in [-0.3, -0.25) is 19.2 Å². The summed E-state index contributed by atoms with van der Waals surface area (Å²) in [6, 6.07) is -0.437. The summed E-state index contributed by atoms with van der Waals surface area (Å²) in [7, 11) is 0. The van der Waals surface area contributed by atoms with Gasteiger partial charge in [-0.05, 0) is 19.4 Å². The topological polar surface area (TPSA) is 128 Å². The van der Waals surface area contributed by atoms with Crippen molar-refractivity contribution >= 4 is 23.5 Å². The van der Waals surface area contributed by atoms with Crippen LogP contribution >= 0.6 is 0 Å². The second-order valence-corrected chi connectivity index (χ2v) is 8.24. The third-order valence-corrected chi connectivity index (χ3v) is 4.63. The lowest BCUT2D eigenvalue weighted by Crippen LogP contribution is -2.48. The van der Waals surface area contributed by atoms with Crippen LogP contribution in [0.1, 0.15) is 66.7 Å². The standard InChI is InChI=1S/C22H43N5O4/c1-6-23-12-13-26-22(31)18(10-11-20(29)25-15-14-24-17(4)5)27-21(30)9-7-8-19(28)16(2)3/h16-18,23-24H,6-15H2,1-5H3,(H,25,29)(H,26,31)(H,27,30). The molecule has 1 unspecified atom stereocenters. The first-order valence-electron chi connectivity index (χ1n) is 11.5. The van der Waals surface area contributed by atoms with E-state index in [4.69, 9.17) is 0 Å². The maximum absolute atomic E-state index is 12.5. The van der Waals surface area contributed by atoms with Gasteiger partial charge >= 0.3 is 0 Å². The van der Waals surface area contributed by atoms with Crippen LogP contribution in [0.4, 0.5) is 0 Å². The molecule has 0 aromatic heterocycles. The van der Waals surface area contributed by atoms with Crippen molar-refractivity contribution in [3.63, 3.8) is 0 Å². The van der Waals surface area contributed by atoms with Gasteiger partial charge < -0.3 is 26.6 Å². The van der Waals surface area contributed by atoms with Crippen LogP contribution in [0, 0.1) is 5.92 Å². The number of Topliss-reactive ketones (excluding diaryl/α,β-unsaturated/α-hetero) is 1. The number of ketones is 1. The summed E-state index contributed by atoms with van der Waals surface area (Å²) >= 11 is 0. The zero-order valence-electron chi connectivity index (χ0n) is 19.9. The van der Waals surface area contributed by atoms with Gasteiger partial charge in [0.05, 0.1) is 0 Å². The van der Waals surface area contributed by atoms with E-state index in [1.165, 1.54) is 0 Å². The van der Waals surface area contributed by atoms with Gasteiger partial charge in [0.25, 0.3) is 0 Å². The van der Waals surface area contributed by atoms with Crippen LogP contribution in [-0.4, -0.2) is 68.3 Å². The van der Waals surface area contributed by atoms with Crippen LogP contribution in [0.2, 0.25) is 0 Å². The average Bonchev–Trinajstić information content (AvgIpc) is 2.71. The van der Waals surface area contributed by atoms with Crippen molar-refractivity contribution in [1.82, 2.24) is 26.6 Å². The first-order valence-corrected chi connectivity index (χ1v) is 11.5. The van der Waals surface area contributed by atoms with Gasteiger partial charge in [-0.1, -0.05) is 34.6 Å². The molecule has 0 saturated carbocycles. The molecular formula is C22H43N5O4. The lowest BCUT2D eigenvalue weighted by molar-refractivity contribution is -0.130. The Bertz CT molecular complexity index is 552. The first kappa shape index (κ1) is 29.0. The van der Waals surface area contributed by atoms with Crippen molar-refractivity contribution < 1.29 is 19.2 Å². The van der Waals surface area contributed by atoms with Crippen LogP contribution in [0.3, 0.4) is 0 Å². The van der Waals surface area contributed by atoms with Gasteiger partial charge in [-0.2, -0.15) is 0 Å². The number of rotatable bonds is 18. The molecule has 1 atom stereocenters. The third kappa shape index (κ3) is 16.4. The van der Waals surface area contributed by atoms with Crippen LogP contribution in [-0.2, 0) is 19.2 Å². The molecule has 3 amide bonds. The second kappa shape index (κ2) is 17.7. The molecule has 9 heteroatoms. The van der Waals surface area contributed by atoms with Crippen molar-refractivity contribution in [2.75, 3.05) is 32.7 Å². The molecule has 31 heavy (non-hydrogen) atoms. The van der Waals surface area contributed by atoms with E-state index in [2.05, 4.69) is 26.6 Å². The molecule has 0 bridgehead atoms. The Morgan fingerprint density at radius 2 is 1.45 bits per heavy atom. The minimum absolute atomic E-state index is 0.0485. The summed E-state index contributed by atoms with van der Waals surface area (Å²) in [5.41, 5.74) is 0. The molecule has 0 aromatic carbocycles. The maximum Gasteiger partial charge on any atom is 0.242 e. The second-order valence-electron chi connectivity index (χ2n) is 8.24. The van der Waals surface area contributed by atoms with Gasteiger partial charge in [0.15, 0.2) is 0 Å². The fourth-order valence-electron chi connectivity index (χ4n) is 2.75. The predicted molar refractivity (Wildman–Crippen MR) is 123 cm³/mol. The summed E-state index contributed by atoms with van der Waals surface area (Å²) in [5, 5.41) is 14.6. The van der Waals surface area contributed by atoms with E-state index in [0.717, 1.165) is 6.54 Å². The zero-order valence-corrected chi connectivity index (χ0v) is 19.9. The normalized spacial score (nSPS) is 12.0. The highest BCUT2D eigenvalue weighted by Crippen LogP contribution is 2.05. The van der Waals surface area contributed by atoms with Gasteiger partial charge in [0, 0.05) is 57.4 Å². The van der Waals surface area contributed by atoms with Crippen molar-refractivity contribution in [3.05, 3.63) is 0 Å². The summed E-state index contributed by atoms with van der Waals surface area (Å²) in [6.07, 6.45) is 1.32. The highest BCUT2D eigenvalue weighted by atomic mass is 16.2. The van der Waals surface area contributed by atoms with Gasteiger partial charge in [0.1, 0.15) is 11.8 Å². The minimum Gasteiger partial charge on any atom is -0.355 e. The first-order chi connectivity index (χ1) is 14.7. The van der Waals surface area contributed by atoms with E-state index < -0.39 is 6.04 Å². The number of nitrogens with one attached hydrogen (secondary N) is 5. The molecule has 9 nitrogen and oxygen atoms in total. The summed E-state index contributed by atoms with van der Waals surface area (Å²) in [5.74, 6) is -0.682. The molecule has 0 radical (unpaired) electrons. The molecule has 0 aliphatic heterocycles. The Morgan fingerprint density at radius 1 is 0.774 bits per heavy atom. The Balaban J connectivity index is 4.56. The predicted octanol–water partition coefficient (Wildman–Crippen LogP) is 0.487. The Kier molecular flexibility index (Phi) is 16.5. The highest BCUT2D eigenvalue weighted by Gasteiger charge is 2.21. The molecule has 180 valence electrons. The van der Waals surface area contributed by atoms with E-state index >= 15 is 0 Å². The SMILES string of the molecule is CCNCCNC(=O)C(CCC(=O)NCCNC(C)C)NC(=O)CCCC(=O)C(C)C. The number of hydrogen-bond acceptors (Lipinski definition) is 6. The van der Waals surface area contributed by atoms with E-state index in [1.807, 2.05) is 34.6 Å². The lowest BCUT2D eigenvalue weighted by Gasteiger charge is -2.19. The number of carbonyl (C=O) groups excluding carboxylic acids is 4. The molecule has 5 N–H and O–H groups in total. The highest BCUT2D eigenvalue weighted by molar-refractivity contribution is 5.88. The van der Waals surface area contributed by atoms with E-state index in [0.29, 0.717) is 45.1 Å². The molecule has 0 aliphatic carbocycles. The largest absolute Gasteiger partial charge is 0.355 e. The van der Waals surface area contributed by atoms with Gasteiger partial charge in [-0.15, -0.1) is 0 Å². The minimum atomic E-state index is -0.783. The molecule has 0 saturated heterocycles. The quantitative estimate of drug-likeness (QED) is 0.197. The molecule has 0 fully saturated rings. The van der Waals surface area contributed by atoms with Crippen molar-refractivity contribution in [3.8, 4) is 0 Å². The molecule has 0 heterocycles. The average molecular weight is 442 g/mol. The lowest BCUT2D eigenvalue weighted by atomic mass is 10.0. The van der Waals surface area contributed by atoms with Crippen LogP contribution in [0.25, 0.3) is 0 Å².